The number of rotatable bonds is 8. The molecule has 0 aromatic heterocycles. The summed E-state index contributed by atoms with van der Waals surface area (Å²) in [6, 6.07) is 10.2. The standard InChI is InChI=1S/C15H23NO/c1-3-5-12-15(9-4-2)16(17)13-14-10-7-6-8-11-14/h4,6-8,10-11,15,17H,2-3,5,9,12-13H2,1H3. The Morgan fingerprint density at radius 3 is 2.65 bits per heavy atom. The number of hydroxylamine groups is 2. The van der Waals surface area contributed by atoms with Gasteiger partial charge in [-0.1, -0.05) is 56.2 Å². The summed E-state index contributed by atoms with van der Waals surface area (Å²) < 4.78 is 0. The van der Waals surface area contributed by atoms with E-state index in [9.17, 15) is 5.21 Å². The molecule has 0 saturated carbocycles. The molecule has 0 spiro atoms. The number of unbranched alkanes of at least 4 members (excludes halogenated alkanes) is 1. The highest BCUT2D eigenvalue weighted by Gasteiger charge is 2.14. The Labute approximate surface area is 105 Å². The predicted octanol–water partition coefficient (Wildman–Crippen LogP) is 4.01. The van der Waals surface area contributed by atoms with Crippen molar-refractivity contribution in [3.8, 4) is 0 Å². The lowest BCUT2D eigenvalue weighted by molar-refractivity contribution is -0.136. The average Bonchev–Trinajstić information content (AvgIpc) is 2.35. The van der Waals surface area contributed by atoms with Crippen molar-refractivity contribution < 1.29 is 5.21 Å². The van der Waals surface area contributed by atoms with Crippen molar-refractivity contribution in [2.45, 2.75) is 45.2 Å². The first-order chi connectivity index (χ1) is 8.27. The highest BCUT2D eigenvalue weighted by atomic mass is 16.5. The van der Waals surface area contributed by atoms with Gasteiger partial charge < -0.3 is 5.21 Å². The zero-order chi connectivity index (χ0) is 12.5. The van der Waals surface area contributed by atoms with Crippen LogP contribution < -0.4 is 0 Å². The van der Waals surface area contributed by atoms with Crippen LogP contribution in [0.5, 0.6) is 0 Å². The van der Waals surface area contributed by atoms with Crippen LogP contribution in [0, 0.1) is 0 Å². The van der Waals surface area contributed by atoms with E-state index >= 15 is 0 Å². The Bertz CT molecular complexity index is 310. The van der Waals surface area contributed by atoms with E-state index in [1.165, 1.54) is 5.06 Å². The van der Waals surface area contributed by atoms with E-state index < -0.39 is 0 Å². The molecule has 0 amide bonds. The molecular formula is C15H23NO. The summed E-state index contributed by atoms with van der Waals surface area (Å²) in [7, 11) is 0. The number of hydrogen-bond acceptors (Lipinski definition) is 2. The molecule has 2 nitrogen and oxygen atoms in total. The topological polar surface area (TPSA) is 23.5 Å². The second-order valence-electron chi connectivity index (χ2n) is 4.40. The summed E-state index contributed by atoms with van der Waals surface area (Å²) in [4.78, 5) is 0. The SMILES string of the molecule is C=CCC(CCCC)N(O)Cc1ccccc1. The first-order valence-electron chi connectivity index (χ1n) is 6.38. The second-order valence-corrected chi connectivity index (χ2v) is 4.40. The molecule has 1 atom stereocenters. The van der Waals surface area contributed by atoms with E-state index in [-0.39, 0.29) is 6.04 Å². The first kappa shape index (κ1) is 13.9. The highest BCUT2D eigenvalue weighted by molar-refractivity contribution is 5.14. The Hall–Kier alpha value is -1.12. The van der Waals surface area contributed by atoms with E-state index in [0.717, 1.165) is 31.2 Å². The molecule has 1 N–H and O–H groups in total. The van der Waals surface area contributed by atoms with Crippen LogP contribution in [-0.4, -0.2) is 16.3 Å². The van der Waals surface area contributed by atoms with Crippen molar-refractivity contribution in [2.24, 2.45) is 0 Å². The molecule has 1 aromatic carbocycles. The van der Waals surface area contributed by atoms with E-state index in [4.69, 9.17) is 0 Å². The molecule has 0 aliphatic rings. The van der Waals surface area contributed by atoms with Crippen LogP contribution in [0.25, 0.3) is 0 Å². The lowest BCUT2D eigenvalue weighted by atomic mass is 10.1. The summed E-state index contributed by atoms with van der Waals surface area (Å²) in [5, 5.41) is 11.6. The summed E-state index contributed by atoms with van der Waals surface area (Å²) in [6.07, 6.45) is 6.04. The van der Waals surface area contributed by atoms with E-state index in [2.05, 4.69) is 13.5 Å². The molecule has 0 saturated heterocycles. The van der Waals surface area contributed by atoms with Crippen LogP contribution in [0.3, 0.4) is 0 Å². The van der Waals surface area contributed by atoms with E-state index in [1.807, 2.05) is 36.4 Å². The zero-order valence-electron chi connectivity index (χ0n) is 10.7. The van der Waals surface area contributed by atoms with Gasteiger partial charge in [-0.25, -0.2) is 0 Å². The van der Waals surface area contributed by atoms with Crippen molar-refractivity contribution in [2.75, 3.05) is 0 Å². The van der Waals surface area contributed by atoms with E-state index in [1.54, 1.807) is 0 Å². The summed E-state index contributed by atoms with van der Waals surface area (Å²) in [5.41, 5.74) is 1.14. The van der Waals surface area contributed by atoms with Gasteiger partial charge in [-0.15, -0.1) is 6.58 Å². The summed E-state index contributed by atoms with van der Waals surface area (Å²) >= 11 is 0. The molecular weight excluding hydrogens is 210 g/mol. The first-order valence-corrected chi connectivity index (χ1v) is 6.38. The van der Waals surface area contributed by atoms with Gasteiger partial charge in [-0.3, -0.25) is 0 Å². The predicted molar refractivity (Wildman–Crippen MR) is 71.9 cm³/mol. The highest BCUT2D eigenvalue weighted by Crippen LogP contribution is 2.14. The summed E-state index contributed by atoms with van der Waals surface area (Å²) in [6.45, 7) is 6.52. The molecule has 1 aromatic rings. The smallest absolute Gasteiger partial charge is 0.0491 e. The van der Waals surface area contributed by atoms with Gasteiger partial charge in [-0.05, 0) is 18.4 Å². The van der Waals surface area contributed by atoms with Crippen LogP contribution in [-0.2, 0) is 6.54 Å². The lowest BCUT2D eigenvalue weighted by Crippen LogP contribution is -2.31. The maximum atomic E-state index is 10.1. The molecule has 0 heterocycles. The molecule has 1 unspecified atom stereocenters. The minimum Gasteiger partial charge on any atom is -0.313 e. The second kappa shape index (κ2) is 8.04. The van der Waals surface area contributed by atoms with Gasteiger partial charge in [0.2, 0.25) is 0 Å². The van der Waals surface area contributed by atoms with Gasteiger partial charge in [0, 0.05) is 12.6 Å². The fourth-order valence-electron chi connectivity index (χ4n) is 1.92. The third kappa shape index (κ3) is 5.16. The molecule has 0 radical (unpaired) electrons. The fourth-order valence-corrected chi connectivity index (χ4v) is 1.92. The fraction of sp³-hybridized carbons (Fsp3) is 0.467. The molecule has 0 bridgehead atoms. The molecule has 0 fully saturated rings. The van der Waals surface area contributed by atoms with Crippen LogP contribution in [0.2, 0.25) is 0 Å². The Morgan fingerprint density at radius 2 is 2.06 bits per heavy atom. The monoisotopic (exact) mass is 233 g/mol. The Kier molecular flexibility index (Phi) is 6.60. The maximum Gasteiger partial charge on any atom is 0.0491 e. The minimum absolute atomic E-state index is 0.188. The number of benzene rings is 1. The molecule has 17 heavy (non-hydrogen) atoms. The van der Waals surface area contributed by atoms with Crippen molar-refractivity contribution in [3.05, 3.63) is 48.6 Å². The van der Waals surface area contributed by atoms with Crippen LogP contribution in [0.1, 0.15) is 38.2 Å². The van der Waals surface area contributed by atoms with Crippen molar-refractivity contribution in [3.63, 3.8) is 0 Å². The van der Waals surface area contributed by atoms with Crippen LogP contribution >= 0.6 is 0 Å². The van der Waals surface area contributed by atoms with Crippen LogP contribution in [0.15, 0.2) is 43.0 Å². The van der Waals surface area contributed by atoms with Gasteiger partial charge in [0.05, 0.1) is 0 Å². The van der Waals surface area contributed by atoms with Crippen molar-refractivity contribution in [1.82, 2.24) is 5.06 Å². The minimum atomic E-state index is 0.188. The molecule has 2 heteroatoms. The van der Waals surface area contributed by atoms with Crippen molar-refractivity contribution in [1.29, 1.82) is 0 Å². The van der Waals surface area contributed by atoms with Gasteiger partial charge in [0.25, 0.3) is 0 Å². The van der Waals surface area contributed by atoms with Crippen LogP contribution in [0.4, 0.5) is 0 Å². The quantitative estimate of drug-likeness (QED) is 0.541. The zero-order valence-corrected chi connectivity index (χ0v) is 10.7. The Morgan fingerprint density at radius 1 is 1.35 bits per heavy atom. The van der Waals surface area contributed by atoms with Gasteiger partial charge in [0.15, 0.2) is 0 Å². The third-order valence-corrected chi connectivity index (χ3v) is 2.94. The van der Waals surface area contributed by atoms with Gasteiger partial charge >= 0.3 is 0 Å². The largest absolute Gasteiger partial charge is 0.313 e. The van der Waals surface area contributed by atoms with E-state index in [0.29, 0.717) is 6.54 Å². The maximum absolute atomic E-state index is 10.1. The average molecular weight is 233 g/mol. The number of hydrogen-bond donors (Lipinski definition) is 1. The Balaban J connectivity index is 2.52. The van der Waals surface area contributed by atoms with Gasteiger partial charge in [-0.2, -0.15) is 5.06 Å². The van der Waals surface area contributed by atoms with Gasteiger partial charge in [0.1, 0.15) is 0 Å². The lowest BCUT2D eigenvalue weighted by Gasteiger charge is -2.25. The normalized spacial score (nSPS) is 12.6. The summed E-state index contributed by atoms with van der Waals surface area (Å²) in [5.74, 6) is 0. The van der Waals surface area contributed by atoms with Crippen molar-refractivity contribution >= 4 is 0 Å². The number of nitrogens with zero attached hydrogens (tertiary/aromatic N) is 1. The molecule has 0 aliphatic heterocycles. The molecule has 94 valence electrons. The molecule has 0 aliphatic carbocycles. The third-order valence-electron chi connectivity index (χ3n) is 2.94. The molecule has 1 rings (SSSR count).